The van der Waals surface area contributed by atoms with Gasteiger partial charge >= 0.3 is 6.09 Å². The summed E-state index contributed by atoms with van der Waals surface area (Å²) in [5.74, 6) is 1.40. The van der Waals surface area contributed by atoms with Gasteiger partial charge in [-0.3, -0.25) is 4.79 Å². The van der Waals surface area contributed by atoms with E-state index in [9.17, 15) is 9.59 Å². The van der Waals surface area contributed by atoms with E-state index in [-0.39, 0.29) is 24.0 Å². The van der Waals surface area contributed by atoms with Crippen molar-refractivity contribution in [2.45, 2.75) is 38.6 Å². The van der Waals surface area contributed by atoms with E-state index in [4.69, 9.17) is 4.74 Å². The zero-order chi connectivity index (χ0) is 21.6. The lowest BCUT2D eigenvalue weighted by Crippen LogP contribution is -2.50. The summed E-state index contributed by atoms with van der Waals surface area (Å²) in [5, 5.41) is 7.29. The molecule has 0 aliphatic carbocycles. The summed E-state index contributed by atoms with van der Waals surface area (Å²) < 4.78 is 6.64. The molecule has 2 saturated heterocycles. The molecular weight excluding hydrogens is 400 g/mol. The third kappa shape index (κ3) is 5.09. The van der Waals surface area contributed by atoms with Gasteiger partial charge in [-0.25, -0.2) is 24.4 Å². The Bertz CT molecular complexity index is 882. The fourth-order valence-electron chi connectivity index (χ4n) is 4.10. The lowest BCUT2D eigenvalue weighted by atomic mass is 9.95. The van der Waals surface area contributed by atoms with Crippen LogP contribution in [0.4, 0.5) is 10.6 Å². The van der Waals surface area contributed by atoms with Crippen molar-refractivity contribution in [2.24, 2.45) is 5.92 Å². The molecule has 0 aromatic carbocycles. The van der Waals surface area contributed by atoms with E-state index in [1.807, 2.05) is 6.07 Å². The van der Waals surface area contributed by atoms with Gasteiger partial charge in [0.25, 0.3) is 0 Å². The number of nitrogens with zero attached hydrogens (tertiary/aromatic N) is 7. The van der Waals surface area contributed by atoms with E-state index in [1.54, 1.807) is 22.8 Å². The predicted octanol–water partition coefficient (Wildman–Crippen LogP) is 1.01. The van der Waals surface area contributed by atoms with Crippen molar-refractivity contribution in [1.82, 2.24) is 34.9 Å². The minimum Gasteiger partial charge on any atom is -0.450 e. The smallest absolute Gasteiger partial charge is 0.409 e. The molecule has 31 heavy (non-hydrogen) atoms. The first-order chi connectivity index (χ1) is 15.1. The van der Waals surface area contributed by atoms with Crippen LogP contribution in [0.3, 0.4) is 0 Å². The molecule has 2 aliphatic heterocycles. The minimum absolute atomic E-state index is 0.0739. The Hall–Kier alpha value is -3.24. The van der Waals surface area contributed by atoms with E-state index in [0.29, 0.717) is 32.1 Å². The Morgan fingerprint density at radius 3 is 2.68 bits per heavy atom. The van der Waals surface area contributed by atoms with Crippen LogP contribution in [0.2, 0.25) is 0 Å². The summed E-state index contributed by atoms with van der Waals surface area (Å²) in [5.41, 5.74) is 0. The molecule has 1 unspecified atom stereocenters. The molecule has 2 aliphatic rings. The summed E-state index contributed by atoms with van der Waals surface area (Å²) in [4.78, 5) is 41.2. The second kappa shape index (κ2) is 9.71. The highest BCUT2D eigenvalue weighted by Crippen LogP contribution is 2.23. The fourth-order valence-corrected chi connectivity index (χ4v) is 4.10. The Morgan fingerprint density at radius 1 is 1.13 bits per heavy atom. The number of ether oxygens (including phenoxy) is 1. The first kappa shape index (κ1) is 21.0. The quantitative estimate of drug-likeness (QED) is 0.750. The second-order valence-electron chi connectivity index (χ2n) is 7.83. The van der Waals surface area contributed by atoms with Crippen molar-refractivity contribution in [3.05, 3.63) is 25.0 Å². The van der Waals surface area contributed by atoms with Gasteiger partial charge in [0.2, 0.25) is 5.91 Å². The van der Waals surface area contributed by atoms with Gasteiger partial charge in [-0.05, 0) is 32.6 Å². The molecule has 11 heteroatoms. The second-order valence-corrected chi connectivity index (χ2v) is 7.83. The maximum Gasteiger partial charge on any atom is 0.409 e. The topological polar surface area (TPSA) is 118 Å². The number of hydrogen-bond acceptors (Lipinski definition) is 8. The summed E-state index contributed by atoms with van der Waals surface area (Å²) in [6.45, 7) is 4.84. The van der Waals surface area contributed by atoms with Gasteiger partial charge in [0.1, 0.15) is 24.8 Å². The number of hydrogen-bond donors (Lipinski definition) is 1. The molecule has 2 amide bonds. The first-order valence-electron chi connectivity index (χ1n) is 10.8. The molecule has 0 spiro atoms. The fraction of sp³-hybridized carbons (Fsp3) is 0.600. The third-order valence-electron chi connectivity index (χ3n) is 5.78. The molecule has 4 rings (SSSR count). The first-order valence-corrected chi connectivity index (χ1v) is 10.8. The van der Waals surface area contributed by atoms with Gasteiger partial charge in [0, 0.05) is 38.3 Å². The van der Waals surface area contributed by atoms with Crippen LogP contribution in [0, 0.1) is 5.92 Å². The number of carbonyl (C=O) groups is 2. The molecule has 2 fully saturated rings. The van der Waals surface area contributed by atoms with Gasteiger partial charge in [-0.15, -0.1) is 0 Å². The Kier molecular flexibility index (Phi) is 6.58. The summed E-state index contributed by atoms with van der Waals surface area (Å²) >= 11 is 0. The van der Waals surface area contributed by atoms with Crippen LogP contribution in [-0.2, 0) is 9.53 Å². The van der Waals surface area contributed by atoms with Crippen molar-refractivity contribution < 1.29 is 14.3 Å². The Labute approximate surface area is 180 Å². The standard InChI is InChI=1S/C20H28N8O3/c1-2-31-20(30)26-8-5-16(6-9-26)25-19(29)15-4-3-7-27(11-15)17-10-18(23-13-22-17)28-14-21-12-24-28/h10,12-16H,2-9,11H2,1H3,(H,25,29). The Balaban J connectivity index is 1.31. The average molecular weight is 428 g/mol. The summed E-state index contributed by atoms with van der Waals surface area (Å²) in [7, 11) is 0. The molecule has 166 valence electrons. The van der Waals surface area contributed by atoms with Crippen LogP contribution >= 0.6 is 0 Å². The molecule has 2 aromatic heterocycles. The van der Waals surface area contributed by atoms with Crippen LogP contribution < -0.4 is 10.2 Å². The highest BCUT2D eigenvalue weighted by molar-refractivity contribution is 5.80. The number of likely N-dealkylation sites (tertiary alicyclic amines) is 1. The SMILES string of the molecule is CCOC(=O)N1CCC(NC(=O)C2CCCN(c3cc(-n4cncn4)ncn3)C2)CC1. The highest BCUT2D eigenvalue weighted by atomic mass is 16.6. The zero-order valence-electron chi connectivity index (χ0n) is 17.7. The maximum atomic E-state index is 12.9. The molecule has 0 radical (unpaired) electrons. The molecular formula is C20H28N8O3. The molecule has 11 nitrogen and oxygen atoms in total. The predicted molar refractivity (Wildman–Crippen MR) is 112 cm³/mol. The van der Waals surface area contributed by atoms with Crippen molar-refractivity contribution >= 4 is 17.8 Å². The van der Waals surface area contributed by atoms with Crippen molar-refractivity contribution in [3.63, 3.8) is 0 Å². The maximum absolute atomic E-state index is 12.9. The highest BCUT2D eigenvalue weighted by Gasteiger charge is 2.30. The largest absolute Gasteiger partial charge is 0.450 e. The number of piperidine rings is 2. The van der Waals surface area contributed by atoms with Crippen LogP contribution in [0.25, 0.3) is 5.82 Å². The summed E-state index contributed by atoms with van der Waals surface area (Å²) in [6.07, 6.45) is 7.54. The van der Waals surface area contributed by atoms with Crippen LogP contribution in [-0.4, -0.2) is 80.5 Å². The minimum atomic E-state index is -0.273. The van der Waals surface area contributed by atoms with E-state index in [1.165, 1.54) is 12.7 Å². The number of nitrogens with one attached hydrogen (secondary N) is 1. The van der Waals surface area contributed by atoms with Crippen molar-refractivity contribution in [2.75, 3.05) is 37.7 Å². The average Bonchev–Trinajstić information content (AvgIpc) is 3.35. The zero-order valence-corrected chi connectivity index (χ0v) is 17.7. The molecule has 0 bridgehead atoms. The molecule has 0 saturated carbocycles. The molecule has 2 aromatic rings. The Morgan fingerprint density at radius 2 is 1.94 bits per heavy atom. The van der Waals surface area contributed by atoms with E-state index in [2.05, 4.69) is 30.3 Å². The van der Waals surface area contributed by atoms with Gasteiger partial charge < -0.3 is 19.9 Å². The van der Waals surface area contributed by atoms with Gasteiger partial charge in [0.15, 0.2) is 5.82 Å². The number of anilines is 1. The van der Waals surface area contributed by atoms with E-state index in [0.717, 1.165) is 38.0 Å². The molecule has 1 atom stereocenters. The van der Waals surface area contributed by atoms with Crippen molar-refractivity contribution in [1.29, 1.82) is 0 Å². The number of carbonyl (C=O) groups excluding carboxylic acids is 2. The normalized spacial score (nSPS) is 19.8. The number of amides is 2. The van der Waals surface area contributed by atoms with Gasteiger partial charge in [0.05, 0.1) is 12.5 Å². The van der Waals surface area contributed by atoms with Crippen LogP contribution in [0.5, 0.6) is 0 Å². The van der Waals surface area contributed by atoms with Crippen LogP contribution in [0.1, 0.15) is 32.6 Å². The molecule has 4 heterocycles. The van der Waals surface area contributed by atoms with Gasteiger partial charge in [-0.2, -0.15) is 5.10 Å². The monoisotopic (exact) mass is 428 g/mol. The van der Waals surface area contributed by atoms with Gasteiger partial charge in [-0.1, -0.05) is 0 Å². The van der Waals surface area contributed by atoms with Crippen molar-refractivity contribution in [3.8, 4) is 5.82 Å². The lowest BCUT2D eigenvalue weighted by molar-refractivity contribution is -0.126. The van der Waals surface area contributed by atoms with E-state index < -0.39 is 0 Å². The number of aromatic nitrogens is 5. The summed E-state index contributed by atoms with van der Waals surface area (Å²) in [6, 6.07) is 1.95. The van der Waals surface area contributed by atoms with Crippen LogP contribution in [0.15, 0.2) is 25.0 Å². The third-order valence-corrected chi connectivity index (χ3v) is 5.78. The molecule has 1 N–H and O–H groups in total. The number of rotatable bonds is 5. The lowest BCUT2D eigenvalue weighted by Gasteiger charge is -2.35. The van der Waals surface area contributed by atoms with E-state index >= 15 is 0 Å².